The summed E-state index contributed by atoms with van der Waals surface area (Å²) in [5.74, 6) is -0.0542. The predicted octanol–water partition coefficient (Wildman–Crippen LogP) is 0.939. The van der Waals surface area contributed by atoms with Crippen molar-refractivity contribution in [3.8, 4) is 0 Å². The number of carbonyl (C=O) groups excluding carboxylic acids is 1. The van der Waals surface area contributed by atoms with Crippen molar-refractivity contribution in [2.45, 2.75) is 6.92 Å². The number of rotatable bonds is 6. The summed E-state index contributed by atoms with van der Waals surface area (Å²) in [6, 6.07) is 9.35. The van der Waals surface area contributed by atoms with Gasteiger partial charge in [0, 0.05) is 12.2 Å². The van der Waals surface area contributed by atoms with Crippen molar-refractivity contribution in [2.24, 2.45) is 0 Å². The quantitative estimate of drug-likeness (QED) is 0.753. The Labute approximate surface area is 95.9 Å². The highest BCUT2D eigenvalue weighted by atomic mass is 16.3. The van der Waals surface area contributed by atoms with Gasteiger partial charge in [-0.3, -0.25) is 9.69 Å². The van der Waals surface area contributed by atoms with Crippen LogP contribution in [-0.4, -0.2) is 42.2 Å². The average Bonchev–Trinajstić information content (AvgIpc) is 2.29. The average molecular weight is 222 g/mol. The van der Waals surface area contributed by atoms with E-state index in [1.807, 2.05) is 42.2 Å². The summed E-state index contributed by atoms with van der Waals surface area (Å²) in [4.78, 5) is 13.5. The van der Waals surface area contributed by atoms with Gasteiger partial charge < -0.3 is 10.4 Å². The normalized spacial score (nSPS) is 10.4. The van der Waals surface area contributed by atoms with Gasteiger partial charge in [0.25, 0.3) is 0 Å². The number of nitrogens with one attached hydrogen (secondary N) is 1. The third-order valence-corrected chi connectivity index (χ3v) is 2.29. The van der Waals surface area contributed by atoms with E-state index in [1.165, 1.54) is 0 Å². The lowest BCUT2D eigenvalue weighted by atomic mass is 10.3. The number of anilines is 1. The molecular formula is C12H18N2O2. The molecule has 0 atom stereocenters. The number of benzene rings is 1. The minimum Gasteiger partial charge on any atom is -0.395 e. The minimum absolute atomic E-state index is 0.0542. The zero-order valence-electron chi connectivity index (χ0n) is 9.52. The van der Waals surface area contributed by atoms with Crippen LogP contribution in [0.15, 0.2) is 30.3 Å². The van der Waals surface area contributed by atoms with Crippen molar-refractivity contribution in [3.63, 3.8) is 0 Å². The van der Waals surface area contributed by atoms with Gasteiger partial charge in [-0.05, 0) is 18.7 Å². The van der Waals surface area contributed by atoms with Crippen LogP contribution in [0, 0.1) is 0 Å². The minimum atomic E-state index is -0.0542. The number of nitrogens with zero attached hydrogens (tertiary/aromatic N) is 1. The van der Waals surface area contributed by atoms with Gasteiger partial charge in [-0.2, -0.15) is 0 Å². The van der Waals surface area contributed by atoms with Crippen molar-refractivity contribution < 1.29 is 9.90 Å². The maximum atomic E-state index is 11.6. The van der Waals surface area contributed by atoms with Crippen molar-refractivity contribution in [2.75, 3.05) is 31.6 Å². The van der Waals surface area contributed by atoms with Crippen LogP contribution < -0.4 is 5.32 Å². The van der Waals surface area contributed by atoms with Crippen LogP contribution in [0.4, 0.5) is 5.69 Å². The summed E-state index contributed by atoms with van der Waals surface area (Å²) in [5.41, 5.74) is 0.799. The van der Waals surface area contributed by atoms with E-state index in [2.05, 4.69) is 5.32 Å². The van der Waals surface area contributed by atoms with E-state index in [9.17, 15) is 4.79 Å². The Morgan fingerprint density at radius 1 is 1.38 bits per heavy atom. The Hall–Kier alpha value is -1.39. The first kappa shape index (κ1) is 12.7. The van der Waals surface area contributed by atoms with Crippen molar-refractivity contribution in [1.29, 1.82) is 0 Å². The van der Waals surface area contributed by atoms with Crippen LogP contribution in [0.5, 0.6) is 0 Å². The molecule has 4 nitrogen and oxygen atoms in total. The second kappa shape index (κ2) is 6.98. The van der Waals surface area contributed by atoms with Crippen molar-refractivity contribution in [1.82, 2.24) is 4.90 Å². The zero-order chi connectivity index (χ0) is 11.8. The van der Waals surface area contributed by atoms with E-state index in [4.69, 9.17) is 5.11 Å². The summed E-state index contributed by atoms with van der Waals surface area (Å²) < 4.78 is 0. The van der Waals surface area contributed by atoms with Gasteiger partial charge >= 0.3 is 0 Å². The van der Waals surface area contributed by atoms with Gasteiger partial charge in [-0.25, -0.2) is 0 Å². The second-order valence-corrected chi connectivity index (χ2v) is 3.51. The molecule has 1 rings (SSSR count). The van der Waals surface area contributed by atoms with E-state index in [-0.39, 0.29) is 12.5 Å². The van der Waals surface area contributed by atoms with Crippen LogP contribution in [0.1, 0.15) is 6.92 Å². The molecule has 0 saturated heterocycles. The standard InChI is InChI=1S/C12H18N2O2/c1-2-14(8-9-15)10-12(16)13-11-6-4-3-5-7-11/h3-7,15H,2,8-10H2,1H3,(H,13,16). The number of aliphatic hydroxyl groups is 1. The van der Waals surface area contributed by atoms with Gasteiger partial charge in [-0.1, -0.05) is 25.1 Å². The smallest absolute Gasteiger partial charge is 0.238 e. The van der Waals surface area contributed by atoms with Crippen molar-refractivity contribution in [3.05, 3.63) is 30.3 Å². The van der Waals surface area contributed by atoms with Gasteiger partial charge in [0.15, 0.2) is 0 Å². The molecule has 0 aromatic heterocycles. The first-order chi connectivity index (χ1) is 7.76. The molecule has 4 heteroatoms. The number of carbonyl (C=O) groups is 1. The van der Waals surface area contributed by atoms with E-state index >= 15 is 0 Å². The van der Waals surface area contributed by atoms with Gasteiger partial charge in [0.05, 0.1) is 13.2 Å². The molecule has 16 heavy (non-hydrogen) atoms. The molecular weight excluding hydrogens is 204 g/mol. The number of hydrogen-bond acceptors (Lipinski definition) is 3. The molecule has 1 aromatic carbocycles. The molecule has 1 aromatic rings. The summed E-state index contributed by atoms with van der Waals surface area (Å²) >= 11 is 0. The Morgan fingerprint density at radius 2 is 2.06 bits per heavy atom. The second-order valence-electron chi connectivity index (χ2n) is 3.51. The topological polar surface area (TPSA) is 52.6 Å². The fraction of sp³-hybridized carbons (Fsp3) is 0.417. The van der Waals surface area contributed by atoms with E-state index in [0.717, 1.165) is 12.2 Å². The van der Waals surface area contributed by atoms with Gasteiger partial charge in [-0.15, -0.1) is 0 Å². The summed E-state index contributed by atoms with van der Waals surface area (Å²) in [5, 5.41) is 11.6. The highest BCUT2D eigenvalue weighted by molar-refractivity contribution is 5.92. The molecule has 0 unspecified atom stereocenters. The largest absolute Gasteiger partial charge is 0.395 e. The molecule has 0 radical (unpaired) electrons. The highest BCUT2D eigenvalue weighted by Gasteiger charge is 2.08. The molecule has 0 saturated carbocycles. The molecule has 0 aliphatic carbocycles. The molecule has 2 N–H and O–H groups in total. The Bertz CT molecular complexity index is 314. The van der Waals surface area contributed by atoms with E-state index in [0.29, 0.717) is 13.1 Å². The molecule has 0 aliphatic heterocycles. The molecule has 0 heterocycles. The SMILES string of the molecule is CCN(CCO)CC(=O)Nc1ccccc1. The lowest BCUT2D eigenvalue weighted by Crippen LogP contribution is -2.35. The lowest BCUT2D eigenvalue weighted by molar-refractivity contribution is -0.117. The number of aliphatic hydroxyl groups excluding tert-OH is 1. The fourth-order valence-corrected chi connectivity index (χ4v) is 1.42. The summed E-state index contributed by atoms with van der Waals surface area (Å²) in [7, 11) is 0. The van der Waals surface area contributed by atoms with Gasteiger partial charge in [0.1, 0.15) is 0 Å². The maximum Gasteiger partial charge on any atom is 0.238 e. The predicted molar refractivity (Wildman–Crippen MR) is 64.3 cm³/mol. The monoisotopic (exact) mass is 222 g/mol. The van der Waals surface area contributed by atoms with E-state index < -0.39 is 0 Å². The van der Waals surface area contributed by atoms with Crippen molar-refractivity contribution >= 4 is 11.6 Å². The lowest BCUT2D eigenvalue weighted by Gasteiger charge is -2.18. The fourth-order valence-electron chi connectivity index (χ4n) is 1.42. The Kier molecular flexibility index (Phi) is 5.53. The first-order valence-corrected chi connectivity index (χ1v) is 5.44. The number of hydrogen-bond donors (Lipinski definition) is 2. The zero-order valence-corrected chi connectivity index (χ0v) is 9.52. The first-order valence-electron chi connectivity index (χ1n) is 5.44. The summed E-state index contributed by atoms with van der Waals surface area (Å²) in [6.07, 6.45) is 0. The molecule has 0 aliphatic rings. The molecule has 0 spiro atoms. The molecule has 1 amide bonds. The van der Waals surface area contributed by atoms with Crippen LogP contribution in [0.2, 0.25) is 0 Å². The molecule has 0 bridgehead atoms. The number of likely N-dealkylation sites (N-methyl/N-ethyl adjacent to an activating group) is 1. The maximum absolute atomic E-state index is 11.6. The third kappa shape index (κ3) is 4.42. The van der Waals surface area contributed by atoms with Gasteiger partial charge in [0.2, 0.25) is 5.91 Å². The number of para-hydroxylation sites is 1. The van der Waals surface area contributed by atoms with E-state index in [1.54, 1.807) is 0 Å². The highest BCUT2D eigenvalue weighted by Crippen LogP contribution is 2.04. The molecule has 0 fully saturated rings. The van der Waals surface area contributed by atoms with Crippen LogP contribution in [-0.2, 0) is 4.79 Å². The van der Waals surface area contributed by atoms with Crippen LogP contribution in [0.3, 0.4) is 0 Å². The Morgan fingerprint density at radius 3 is 2.62 bits per heavy atom. The Balaban J connectivity index is 2.41. The number of amides is 1. The molecule has 88 valence electrons. The summed E-state index contributed by atoms with van der Waals surface area (Å²) in [6.45, 7) is 3.63. The van der Waals surface area contributed by atoms with Crippen LogP contribution in [0.25, 0.3) is 0 Å². The van der Waals surface area contributed by atoms with Crippen LogP contribution >= 0.6 is 0 Å². The third-order valence-electron chi connectivity index (χ3n) is 2.29.